The summed E-state index contributed by atoms with van der Waals surface area (Å²) in [4.78, 5) is 11.8. The molecule has 5 nitrogen and oxygen atoms in total. The van der Waals surface area contributed by atoms with Crippen LogP contribution in [0.2, 0.25) is 0 Å². The topological polar surface area (TPSA) is 59.0 Å². The van der Waals surface area contributed by atoms with Crippen LogP contribution in [-0.2, 0) is 7.05 Å². The molecule has 1 heterocycles. The maximum atomic E-state index is 11.8. The van der Waals surface area contributed by atoms with Gasteiger partial charge in [-0.3, -0.25) is 4.68 Å². The van der Waals surface area contributed by atoms with Crippen molar-refractivity contribution in [1.82, 2.24) is 20.4 Å². The lowest BCUT2D eigenvalue weighted by Crippen LogP contribution is -2.43. The number of aromatic nitrogens is 2. The molecule has 0 fully saturated rings. The molecule has 0 radical (unpaired) electrons. The third-order valence-corrected chi connectivity index (χ3v) is 3.50. The number of carbonyl (C=O) groups is 1. The molecular weight excluding hydrogens is 248 g/mol. The normalized spacial score (nSPS) is 14.0. The van der Waals surface area contributed by atoms with Crippen LogP contribution in [0.15, 0.2) is 12.4 Å². The maximum absolute atomic E-state index is 11.8. The van der Waals surface area contributed by atoms with Crippen molar-refractivity contribution in [2.45, 2.75) is 32.4 Å². The van der Waals surface area contributed by atoms with Gasteiger partial charge in [0.1, 0.15) is 0 Å². The van der Waals surface area contributed by atoms with Crippen LogP contribution in [0.4, 0.5) is 4.79 Å². The number of thioether (sulfide) groups is 1. The van der Waals surface area contributed by atoms with Gasteiger partial charge in [0.25, 0.3) is 0 Å². The average Bonchev–Trinajstić information content (AvgIpc) is 2.75. The molecule has 1 aromatic rings. The van der Waals surface area contributed by atoms with E-state index in [0.29, 0.717) is 0 Å². The van der Waals surface area contributed by atoms with Gasteiger partial charge in [-0.2, -0.15) is 16.9 Å². The Morgan fingerprint density at radius 1 is 1.56 bits per heavy atom. The Hall–Kier alpha value is -1.17. The van der Waals surface area contributed by atoms with Gasteiger partial charge in [-0.1, -0.05) is 6.92 Å². The molecule has 0 aromatic carbocycles. The molecule has 0 aliphatic rings. The number of hydrogen-bond acceptors (Lipinski definition) is 3. The second kappa shape index (κ2) is 7.31. The van der Waals surface area contributed by atoms with Gasteiger partial charge < -0.3 is 10.6 Å². The van der Waals surface area contributed by atoms with Crippen LogP contribution < -0.4 is 10.6 Å². The maximum Gasteiger partial charge on any atom is 0.315 e. The monoisotopic (exact) mass is 270 g/mol. The minimum absolute atomic E-state index is 0.0366. The zero-order valence-corrected chi connectivity index (χ0v) is 12.3. The molecule has 2 atom stereocenters. The molecule has 1 rings (SSSR count). The number of urea groups is 1. The van der Waals surface area contributed by atoms with Crippen molar-refractivity contribution in [2.75, 3.05) is 12.0 Å². The lowest BCUT2D eigenvalue weighted by atomic mass is 10.2. The fraction of sp³-hybridized carbons (Fsp3) is 0.667. The molecule has 0 spiro atoms. The molecule has 0 aliphatic heterocycles. The van der Waals surface area contributed by atoms with Crippen molar-refractivity contribution in [3.05, 3.63) is 18.0 Å². The minimum atomic E-state index is -0.118. The van der Waals surface area contributed by atoms with E-state index in [4.69, 9.17) is 0 Å². The second-order valence-corrected chi connectivity index (χ2v) is 5.26. The molecule has 18 heavy (non-hydrogen) atoms. The van der Waals surface area contributed by atoms with E-state index in [1.54, 1.807) is 22.6 Å². The Balaban J connectivity index is 2.44. The fourth-order valence-corrected chi connectivity index (χ4v) is 2.35. The molecule has 0 saturated carbocycles. The molecule has 102 valence electrons. The van der Waals surface area contributed by atoms with Gasteiger partial charge in [0.05, 0.1) is 12.2 Å². The van der Waals surface area contributed by atoms with E-state index in [2.05, 4.69) is 22.7 Å². The summed E-state index contributed by atoms with van der Waals surface area (Å²) in [7, 11) is 1.86. The number of nitrogens with one attached hydrogen (secondary N) is 2. The van der Waals surface area contributed by atoms with Gasteiger partial charge in [0.2, 0.25) is 0 Å². The molecule has 1 aromatic heterocycles. The molecule has 2 amide bonds. The number of amides is 2. The van der Waals surface area contributed by atoms with Gasteiger partial charge in [-0.15, -0.1) is 0 Å². The predicted molar refractivity (Wildman–Crippen MR) is 75.8 cm³/mol. The average molecular weight is 270 g/mol. The number of aryl methyl sites for hydroxylation is 1. The minimum Gasteiger partial charge on any atom is -0.335 e. The molecule has 2 N–H and O–H groups in total. The quantitative estimate of drug-likeness (QED) is 0.830. The highest BCUT2D eigenvalue weighted by Gasteiger charge is 2.13. The summed E-state index contributed by atoms with van der Waals surface area (Å²) < 4.78 is 1.73. The summed E-state index contributed by atoms with van der Waals surface area (Å²) >= 11 is 1.74. The molecule has 0 bridgehead atoms. The van der Waals surface area contributed by atoms with Crippen molar-refractivity contribution >= 4 is 17.8 Å². The summed E-state index contributed by atoms with van der Waals surface area (Å²) in [5.74, 6) is 0.936. The van der Waals surface area contributed by atoms with Crippen LogP contribution in [0.3, 0.4) is 0 Å². The van der Waals surface area contributed by atoms with Gasteiger partial charge in [0.15, 0.2) is 0 Å². The van der Waals surface area contributed by atoms with Crippen molar-refractivity contribution in [1.29, 1.82) is 0 Å². The van der Waals surface area contributed by atoms with Gasteiger partial charge in [0, 0.05) is 30.6 Å². The van der Waals surface area contributed by atoms with Crippen LogP contribution in [0.5, 0.6) is 0 Å². The van der Waals surface area contributed by atoms with Crippen LogP contribution in [0.1, 0.15) is 31.9 Å². The lowest BCUT2D eigenvalue weighted by molar-refractivity contribution is 0.234. The van der Waals surface area contributed by atoms with Crippen LogP contribution in [-0.4, -0.2) is 33.9 Å². The van der Waals surface area contributed by atoms with E-state index in [0.717, 1.165) is 17.7 Å². The number of carbonyl (C=O) groups excluding carboxylic acids is 1. The van der Waals surface area contributed by atoms with E-state index in [-0.39, 0.29) is 18.1 Å². The Morgan fingerprint density at radius 3 is 2.78 bits per heavy atom. The van der Waals surface area contributed by atoms with Crippen LogP contribution in [0.25, 0.3) is 0 Å². The standard InChI is InChI=1S/C12H22N4OS/c1-5-11(8-18-4)15-12(17)14-9(2)10-6-13-16(3)7-10/h6-7,9,11H,5,8H2,1-4H3,(H2,14,15,17)/t9-,11+/m1/s1. The highest BCUT2D eigenvalue weighted by atomic mass is 32.2. The Morgan fingerprint density at radius 2 is 2.28 bits per heavy atom. The summed E-state index contributed by atoms with van der Waals surface area (Å²) in [5.41, 5.74) is 1.01. The SMILES string of the molecule is CC[C@@H](CSC)NC(=O)N[C@H](C)c1cnn(C)c1. The highest BCUT2D eigenvalue weighted by molar-refractivity contribution is 7.98. The van der Waals surface area contributed by atoms with Crippen molar-refractivity contribution < 1.29 is 4.79 Å². The lowest BCUT2D eigenvalue weighted by Gasteiger charge is -2.18. The molecule has 0 unspecified atom stereocenters. The summed E-state index contributed by atoms with van der Waals surface area (Å²) in [6, 6.07) is 0.0684. The van der Waals surface area contributed by atoms with Crippen LogP contribution in [0, 0.1) is 0 Å². The fourth-order valence-electron chi connectivity index (χ4n) is 1.63. The molecule has 6 heteroatoms. The van der Waals surface area contributed by atoms with E-state index in [1.165, 1.54) is 0 Å². The van der Waals surface area contributed by atoms with Gasteiger partial charge in [-0.05, 0) is 19.6 Å². The Labute approximate surface area is 113 Å². The number of rotatable bonds is 6. The van der Waals surface area contributed by atoms with Gasteiger partial charge in [-0.25, -0.2) is 4.79 Å². The first kappa shape index (κ1) is 14.9. The molecule has 0 saturated heterocycles. The molecule has 0 aliphatic carbocycles. The van der Waals surface area contributed by atoms with E-state index in [9.17, 15) is 4.79 Å². The van der Waals surface area contributed by atoms with Crippen molar-refractivity contribution in [2.24, 2.45) is 7.05 Å². The molecular formula is C12H22N4OS. The zero-order chi connectivity index (χ0) is 13.5. The zero-order valence-electron chi connectivity index (χ0n) is 11.4. The first-order valence-electron chi connectivity index (χ1n) is 6.11. The number of nitrogens with zero attached hydrogens (tertiary/aromatic N) is 2. The van der Waals surface area contributed by atoms with E-state index >= 15 is 0 Å². The van der Waals surface area contributed by atoms with E-state index in [1.807, 2.05) is 26.4 Å². The number of hydrogen-bond donors (Lipinski definition) is 2. The first-order chi connectivity index (χ1) is 8.56. The largest absolute Gasteiger partial charge is 0.335 e. The third-order valence-electron chi connectivity index (χ3n) is 2.77. The summed E-state index contributed by atoms with van der Waals surface area (Å²) in [6.45, 7) is 4.03. The Kier molecular flexibility index (Phi) is 6.04. The highest BCUT2D eigenvalue weighted by Crippen LogP contribution is 2.10. The van der Waals surface area contributed by atoms with Gasteiger partial charge >= 0.3 is 6.03 Å². The Bertz CT molecular complexity index is 380. The van der Waals surface area contributed by atoms with Crippen LogP contribution >= 0.6 is 11.8 Å². The first-order valence-corrected chi connectivity index (χ1v) is 7.50. The van der Waals surface area contributed by atoms with E-state index < -0.39 is 0 Å². The third kappa shape index (κ3) is 4.60. The summed E-state index contributed by atoms with van der Waals surface area (Å²) in [6.07, 6.45) is 6.66. The summed E-state index contributed by atoms with van der Waals surface area (Å²) in [5, 5.41) is 9.99. The van der Waals surface area contributed by atoms with Crippen molar-refractivity contribution in [3.63, 3.8) is 0 Å². The smallest absolute Gasteiger partial charge is 0.315 e. The predicted octanol–water partition coefficient (Wildman–Crippen LogP) is 1.92. The van der Waals surface area contributed by atoms with Crippen molar-refractivity contribution in [3.8, 4) is 0 Å². The second-order valence-electron chi connectivity index (χ2n) is 4.35.